The zero-order valence-electron chi connectivity index (χ0n) is 16.1. The van der Waals surface area contributed by atoms with Gasteiger partial charge in [-0.25, -0.2) is 4.68 Å². The number of hydrogen-bond donors (Lipinski definition) is 1. The zero-order valence-corrected chi connectivity index (χ0v) is 16.8. The maximum absolute atomic E-state index is 12.7. The van der Waals surface area contributed by atoms with Crippen LogP contribution in [-0.4, -0.2) is 26.5 Å². The van der Waals surface area contributed by atoms with Crippen LogP contribution in [0.2, 0.25) is 5.02 Å². The maximum atomic E-state index is 12.7. The van der Waals surface area contributed by atoms with Gasteiger partial charge in [0.1, 0.15) is 5.78 Å². The van der Waals surface area contributed by atoms with Gasteiger partial charge in [0, 0.05) is 29.5 Å². The number of aromatic nitrogens is 3. The Hall–Kier alpha value is -2.99. The molecule has 1 N–H and O–H groups in total. The molecule has 1 aliphatic rings. The van der Waals surface area contributed by atoms with E-state index < -0.39 is 0 Å². The van der Waals surface area contributed by atoms with Crippen molar-refractivity contribution in [2.45, 2.75) is 38.5 Å². The smallest absolute Gasteiger partial charge is 0.259 e. The average molecular weight is 409 g/mol. The summed E-state index contributed by atoms with van der Waals surface area (Å²) >= 11 is 5.94. The molecule has 4 rings (SSSR count). The second-order valence-corrected chi connectivity index (χ2v) is 7.71. The second kappa shape index (κ2) is 8.17. The summed E-state index contributed by atoms with van der Waals surface area (Å²) in [6.07, 6.45) is 6.17. The van der Waals surface area contributed by atoms with Crippen molar-refractivity contribution >= 4 is 29.0 Å². The summed E-state index contributed by atoms with van der Waals surface area (Å²) in [5.74, 6) is 0.414. The summed E-state index contributed by atoms with van der Waals surface area (Å²) in [6, 6.07) is 11.1. The molecule has 7 heteroatoms. The van der Waals surface area contributed by atoms with Gasteiger partial charge in [-0.3, -0.25) is 14.6 Å². The van der Waals surface area contributed by atoms with Crippen LogP contribution < -0.4 is 5.32 Å². The van der Waals surface area contributed by atoms with Gasteiger partial charge in [-0.1, -0.05) is 11.6 Å². The zero-order chi connectivity index (χ0) is 20.4. The fraction of sp³-hybridized carbons (Fsp3) is 0.273. The van der Waals surface area contributed by atoms with Crippen LogP contribution in [0.5, 0.6) is 0 Å². The Bertz CT molecular complexity index is 1030. The van der Waals surface area contributed by atoms with Crippen LogP contribution in [0.3, 0.4) is 0 Å². The third-order valence-electron chi connectivity index (χ3n) is 5.33. The van der Waals surface area contributed by atoms with Crippen LogP contribution in [0.4, 0.5) is 5.69 Å². The van der Waals surface area contributed by atoms with Gasteiger partial charge in [-0.05, 0) is 56.2 Å². The molecule has 3 aromatic rings. The van der Waals surface area contributed by atoms with Crippen LogP contribution in [-0.2, 0) is 4.79 Å². The topological polar surface area (TPSA) is 76.9 Å². The molecule has 2 aromatic heterocycles. The minimum absolute atomic E-state index is 0.236. The Labute approximate surface area is 173 Å². The first kappa shape index (κ1) is 19.3. The van der Waals surface area contributed by atoms with E-state index in [2.05, 4.69) is 15.4 Å². The van der Waals surface area contributed by atoms with Crippen molar-refractivity contribution in [2.75, 3.05) is 5.32 Å². The summed E-state index contributed by atoms with van der Waals surface area (Å²) in [7, 11) is 0. The molecular weight excluding hydrogens is 388 g/mol. The number of nitrogens with zero attached hydrogens (tertiary/aromatic N) is 3. The van der Waals surface area contributed by atoms with E-state index in [0.29, 0.717) is 40.8 Å². The Balaban J connectivity index is 1.45. The van der Waals surface area contributed by atoms with Crippen molar-refractivity contribution in [1.82, 2.24) is 14.8 Å². The number of benzene rings is 1. The number of carbonyl (C=O) groups is 2. The van der Waals surface area contributed by atoms with E-state index in [0.717, 1.165) is 29.9 Å². The maximum Gasteiger partial charge on any atom is 0.259 e. The third kappa shape index (κ3) is 4.22. The van der Waals surface area contributed by atoms with E-state index in [9.17, 15) is 9.59 Å². The number of Topliss-reactive ketones (excluding diaryl/α,β-unsaturated/α-hetero) is 1. The number of ketones is 1. The number of rotatable bonds is 4. The fourth-order valence-electron chi connectivity index (χ4n) is 3.63. The predicted molar refractivity (Wildman–Crippen MR) is 112 cm³/mol. The van der Waals surface area contributed by atoms with E-state index in [1.807, 2.05) is 31.2 Å². The molecule has 29 heavy (non-hydrogen) atoms. The highest BCUT2D eigenvalue weighted by atomic mass is 35.5. The Morgan fingerprint density at radius 1 is 1.10 bits per heavy atom. The van der Waals surface area contributed by atoms with Crippen LogP contribution in [0, 0.1) is 6.92 Å². The van der Waals surface area contributed by atoms with Crippen molar-refractivity contribution < 1.29 is 9.59 Å². The number of amides is 1. The Kier molecular flexibility index (Phi) is 5.45. The molecule has 1 aliphatic carbocycles. The standard InChI is InChI=1S/C22H21ClN4O2/c1-14-20(13-25-27(14)18-7-4-16(23)5-8-18)22(29)26-17-6-11-21(24-12-17)15-2-9-19(28)10-3-15/h4-8,11-13,15H,2-3,9-10H2,1H3,(H,26,29). The summed E-state index contributed by atoms with van der Waals surface area (Å²) in [5.41, 5.74) is 3.67. The lowest BCUT2D eigenvalue weighted by molar-refractivity contribution is -0.120. The number of pyridine rings is 1. The van der Waals surface area contributed by atoms with Gasteiger partial charge in [0.25, 0.3) is 5.91 Å². The third-order valence-corrected chi connectivity index (χ3v) is 5.58. The first-order valence-electron chi connectivity index (χ1n) is 9.61. The molecule has 0 spiro atoms. The molecule has 2 heterocycles. The molecule has 0 atom stereocenters. The fourth-order valence-corrected chi connectivity index (χ4v) is 3.76. The SMILES string of the molecule is Cc1c(C(=O)Nc2ccc(C3CCC(=O)CC3)nc2)cnn1-c1ccc(Cl)cc1. The van der Waals surface area contributed by atoms with E-state index in [4.69, 9.17) is 11.6 Å². The van der Waals surface area contributed by atoms with Gasteiger partial charge >= 0.3 is 0 Å². The van der Waals surface area contributed by atoms with Gasteiger partial charge in [-0.15, -0.1) is 0 Å². The molecule has 1 saturated carbocycles. The lowest BCUT2D eigenvalue weighted by Crippen LogP contribution is -2.15. The normalized spacial score (nSPS) is 14.8. The molecule has 0 saturated heterocycles. The minimum Gasteiger partial charge on any atom is -0.320 e. The first-order chi connectivity index (χ1) is 14.0. The number of hydrogen-bond acceptors (Lipinski definition) is 4. The quantitative estimate of drug-likeness (QED) is 0.678. The van der Waals surface area contributed by atoms with E-state index in [1.54, 1.807) is 29.2 Å². The summed E-state index contributed by atoms with van der Waals surface area (Å²) in [4.78, 5) is 28.6. The van der Waals surface area contributed by atoms with Crippen molar-refractivity contribution in [3.8, 4) is 5.69 Å². The van der Waals surface area contributed by atoms with Gasteiger partial charge in [0.15, 0.2) is 0 Å². The van der Waals surface area contributed by atoms with Crippen molar-refractivity contribution in [1.29, 1.82) is 0 Å². The van der Waals surface area contributed by atoms with Gasteiger partial charge in [-0.2, -0.15) is 5.10 Å². The Morgan fingerprint density at radius 3 is 2.48 bits per heavy atom. The predicted octanol–water partition coefficient (Wildman–Crippen LogP) is 4.71. The highest BCUT2D eigenvalue weighted by Crippen LogP contribution is 2.30. The lowest BCUT2D eigenvalue weighted by atomic mass is 9.86. The van der Waals surface area contributed by atoms with Gasteiger partial charge in [0.05, 0.1) is 35.0 Å². The molecule has 0 unspecified atom stereocenters. The molecule has 148 valence electrons. The monoisotopic (exact) mass is 408 g/mol. The highest BCUT2D eigenvalue weighted by molar-refractivity contribution is 6.30. The van der Waals surface area contributed by atoms with Crippen LogP contribution in [0.15, 0.2) is 48.8 Å². The lowest BCUT2D eigenvalue weighted by Gasteiger charge is -2.20. The molecule has 1 amide bonds. The van der Waals surface area contributed by atoms with Crippen molar-refractivity contribution in [2.24, 2.45) is 0 Å². The molecule has 1 fully saturated rings. The van der Waals surface area contributed by atoms with Crippen LogP contribution in [0.1, 0.15) is 53.3 Å². The second-order valence-electron chi connectivity index (χ2n) is 7.27. The van der Waals surface area contributed by atoms with Crippen LogP contribution >= 0.6 is 11.6 Å². The molecule has 6 nitrogen and oxygen atoms in total. The number of anilines is 1. The van der Waals surface area contributed by atoms with E-state index in [1.165, 1.54) is 0 Å². The number of carbonyl (C=O) groups excluding carboxylic acids is 2. The average Bonchev–Trinajstić information content (AvgIpc) is 3.11. The minimum atomic E-state index is -0.236. The summed E-state index contributed by atoms with van der Waals surface area (Å²) < 4.78 is 1.71. The number of nitrogens with one attached hydrogen (secondary N) is 1. The van der Waals surface area contributed by atoms with Crippen molar-refractivity contribution in [3.05, 3.63) is 70.8 Å². The van der Waals surface area contributed by atoms with E-state index in [-0.39, 0.29) is 5.91 Å². The Morgan fingerprint density at radius 2 is 1.83 bits per heavy atom. The molecule has 0 bridgehead atoms. The highest BCUT2D eigenvalue weighted by Gasteiger charge is 2.21. The largest absolute Gasteiger partial charge is 0.320 e. The number of halogens is 1. The molecule has 0 radical (unpaired) electrons. The molecular formula is C22H21ClN4O2. The summed E-state index contributed by atoms with van der Waals surface area (Å²) in [6.45, 7) is 1.85. The van der Waals surface area contributed by atoms with Gasteiger partial charge in [0.2, 0.25) is 0 Å². The molecule has 0 aliphatic heterocycles. The van der Waals surface area contributed by atoms with E-state index >= 15 is 0 Å². The molecule has 1 aromatic carbocycles. The van der Waals surface area contributed by atoms with Crippen molar-refractivity contribution in [3.63, 3.8) is 0 Å². The van der Waals surface area contributed by atoms with Gasteiger partial charge < -0.3 is 5.32 Å². The summed E-state index contributed by atoms with van der Waals surface area (Å²) in [5, 5.41) is 7.86. The van der Waals surface area contributed by atoms with Crippen LogP contribution in [0.25, 0.3) is 5.69 Å². The first-order valence-corrected chi connectivity index (χ1v) is 9.98.